The van der Waals surface area contributed by atoms with E-state index in [2.05, 4.69) is 10.3 Å². The van der Waals surface area contributed by atoms with Crippen molar-refractivity contribution in [3.8, 4) is 28.6 Å². The zero-order valence-electron chi connectivity index (χ0n) is 20.3. The van der Waals surface area contributed by atoms with Crippen molar-refractivity contribution in [2.75, 3.05) is 25.7 Å². The molecule has 4 aromatic rings. The van der Waals surface area contributed by atoms with E-state index in [1.54, 1.807) is 20.4 Å². The second-order valence-electron chi connectivity index (χ2n) is 8.19. The average molecular weight is 502 g/mol. The number of methoxy groups -OCH3 is 2. The van der Waals surface area contributed by atoms with Gasteiger partial charge < -0.3 is 28.8 Å². The standard InChI is InChI=1S/C28H27N3O4S/c1-4-34-19-10-8-18(9-11-19)23-14-15-24(35-23)27-26(21-7-5-6-16-29-21)30-28(36)31(27)22-13-12-20(32-2)17-25(22)33-3/h5-17,26-27H,4H2,1-3H3,(H,30,36)/t26-,27+/m1/s1. The first-order valence-corrected chi connectivity index (χ1v) is 12.1. The molecular weight excluding hydrogens is 474 g/mol. The highest BCUT2D eigenvalue weighted by molar-refractivity contribution is 7.80. The molecule has 184 valence electrons. The molecule has 0 aliphatic carbocycles. The number of thiocarbonyl (C=S) groups is 1. The topological polar surface area (TPSA) is 69.0 Å². The largest absolute Gasteiger partial charge is 0.497 e. The van der Waals surface area contributed by atoms with Gasteiger partial charge in [0.2, 0.25) is 0 Å². The number of aromatic nitrogens is 1. The summed E-state index contributed by atoms with van der Waals surface area (Å²) < 4.78 is 23.1. The van der Waals surface area contributed by atoms with Gasteiger partial charge in [0.05, 0.1) is 38.2 Å². The van der Waals surface area contributed by atoms with Crippen molar-refractivity contribution in [1.82, 2.24) is 10.3 Å². The SMILES string of the molecule is CCOc1ccc(-c2ccc([C@H]3[C@@H](c4ccccn4)NC(=S)N3c3ccc(OC)cc3OC)o2)cc1. The van der Waals surface area contributed by atoms with Crippen molar-refractivity contribution < 1.29 is 18.6 Å². The Morgan fingerprint density at radius 3 is 2.47 bits per heavy atom. The highest BCUT2D eigenvalue weighted by atomic mass is 32.1. The molecule has 2 aromatic heterocycles. The monoisotopic (exact) mass is 501 g/mol. The molecule has 3 heterocycles. The number of ether oxygens (including phenoxy) is 3. The predicted molar refractivity (Wildman–Crippen MR) is 143 cm³/mol. The first kappa shape index (κ1) is 23.7. The van der Waals surface area contributed by atoms with Crippen molar-refractivity contribution >= 4 is 23.0 Å². The summed E-state index contributed by atoms with van der Waals surface area (Å²) in [5.41, 5.74) is 2.62. The molecule has 1 fully saturated rings. The molecule has 5 rings (SSSR count). The van der Waals surface area contributed by atoms with Crippen molar-refractivity contribution in [3.05, 3.63) is 90.4 Å². The van der Waals surface area contributed by atoms with Gasteiger partial charge in [-0.15, -0.1) is 0 Å². The Morgan fingerprint density at radius 2 is 1.78 bits per heavy atom. The van der Waals surface area contributed by atoms with E-state index >= 15 is 0 Å². The molecule has 1 aliphatic rings. The third-order valence-electron chi connectivity index (χ3n) is 6.11. The molecule has 1 aliphatic heterocycles. The summed E-state index contributed by atoms with van der Waals surface area (Å²) in [4.78, 5) is 6.63. The lowest BCUT2D eigenvalue weighted by molar-refractivity contribution is 0.340. The molecule has 36 heavy (non-hydrogen) atoms. The molecule has 0 radical (unpaired) electrons. The van der Waals surface area contributed by atoms with Gasteiger partial charge in [-0.25, -0.2) is 0 Å². The quantitative estimate of drug-likeness (QED) is 0.298. The molecule has 0 spiro atoms. The smallest absolute Gasteiger partial charge is 0.174 e. The Morgan fingerprint density at radius 1 is 0.972 bits per heavy atom. The first-order valence-electron chi connectivity index (χ1n) is 11.7. The summed E-state index contributed by atoms with van der Waals surface area (Å²) in [5.74, 6) is 3.67. The molecule has 2 aromatic carbocycles. The van der Waals surface area contributed by atoms with Gasteiger partial charge in [0.25, 0.3) is 0 Å². The minimum Gasteiger partial charge on any atom is -0.497 e. The third-order valence-corrected chi connectivity index (χ3v) is 6.43. The van der Waals surface area contributed by atoms with Crippen LogP contribution in [-0.2, 0) is 0 Å². The fraction of sp³-hybridized carbons (Fsp3) is 0.214. The van der Waals surface area contributed by atoms with E-state index in [1.165, 1.54) is 0 Å². The lowest BCUT2D eigenvalue weighted by Crippen LogP contribution is -2.29. The summed E-state index contributed by atoms with van der Waals surface area (Å²) in [5, 5.41) is 4.00. The number of hydrogen-bond donors (Lipinski definition) is 1. The normalized spacial score (nSPS) is 17.1. The van der Waals surface area contributed by atoms with Gasteiger partial charge in [0.1, 0.15) is 34.8 Å². The summed E-state index contributed by atoms with van der Waals surface area (Å²) in [6.45, 7) is 2.59. The van der Waals surface area contributed by atoms with Crippen molar-refractivity contribution in [2.24, 2.45) is 0 Å². The molecule has 7 nitrogen and oxygen atoms in total. The van der Waals surface area contributed by atoms with Gasteiger partial charge in [0, 0.05) is 17.8 Å². The van der Waals surface area contributed by atoms with E-state index < -0.39 is 0 Å². The lowest BCUT2D eigenvalue weighted by Gasteiger charge is -2.27. The van der Waals surface area contributed by atoms with Crippen molar-refractivity contribution in [2.45, 2.75) is 19.0 Å². The highest BCUT2D eigenvalue weighted by Gasteiger charge is 2.43. The zero-order chi connectivity index (χ0) is 25.1. The van der Waals surface area contributed by atoms with Crippen LogP contribution in [0.3, 0.4) is 0 Å². The molecule has 0 saturated carbocycles. The number of furan rings is 1. The Labute approximate surface area is 215 Å². The molecule has 1 saturated heterocycles. The van der Waals surface area contributed by atoms with E-state index in [9.17, 15) is 0 Å². The summed E-state index contributed by atoms with van der Waals surface area (Å²) in [7, 11) is 3.26. The van der Waals surface area contributed by atoms with E-state index in [0.717, 1.165) is 34.2 Å². The van der Waals surface area contributed by atoms with Crippen molar-refractivity contribution in [1.29, 1.82) is 0 Å². The van der Waals surface area contributed by atoms with Gasteiger partial charge in [-0.2, -0.15) is 0 Å². The van der Waals surface area contributed by atoms with Gasteiger partial charge in [-0.1, -0.05) is 6.07 Å². The minimum absolute atomic E-state index is 0.232. The number of nitrogens with zero attached hydrogens (tertiary/aromatic N) is 2. The van der Waals surface area contributed by atoms with Crippen LogP contribution in [0.5, 0.6) is 17.2 Å². The summed E-state index contributed by atoms with van der Waals surface area (Å²) >= 11 is 5.83. The molecule has 1 N–H and O–H groups in total. The number of hydrogen-bond acceptors (Lipinski definition) is 6. The average Bonchev–Trinajstić information content (AvgIpc) is 3.54. The Hall–Kier alpha value is -4.04. The van der Waals surface area contributed by atoms with E-state index in [0.29, 0.717) is 23.2 Å². The molecule has 2 atom stereocenters. The van der Waals surface area contributed by atoms with Crippen LogP contribution in [0.25, 0.3) is 11.3 Å². The number of nitrogens with one attached hydrogen (secondary N) is 1. The predicted octanol–water partition coefficient (Wildman–Crippen LogP) is 5.93. The first-order chi connectivity index (χ1) is 17.6. The van der Waals surface area contributed by atoms with Crippen LogP contribution in [0.1, 0.15) is 30.5 Å². The fourth-order valence-electron chi connectivity index (χ4n) is 4.44. The highest BCUT2D eigenvalue weighted by Crippen LogP contribution is 2.46. The van der Waals surface area contributed by atoms with Crippen LogP contribution in [0, 0.1) is 0 Å². The molecule has 8 heteroatoms. The Balaban J connectivity index is 1.57. The van der Waals surface area contributed by atoms with E-state index in [-0.39, 0.29) is 12.1 Å². The second-order valence-corrected chi connectivity index (χ2v) is 8.58. The lowest BCUT2D eigenvalue weighted by atomic mass is 10.0. The number of anilines is 1. The zero-order valence-corrected chi connectivity index (χ0v) is 21.1. The number of pyridine rings is 1. The van der Waals surface area contributed by atoms with Crippen molar-refractivity contribution in [3.63, 3.8) is 0 Å². The van der Waals surface area contributed by atoms with Crippen LogP contribution < -0.4 is 24.4 Å². The van der Waals surface area contributed by atoms with Gasteiger partial charge in [0.15, 0.2) is 5.11 Å². The van der Waals surface area contributed by atoms with Crippen LogP contribution in [0.4, 0.5) is 5.69 Å². The molecule has 0 bridgehead atoms. The maximum absolute atomic E-state index is 6.45. The van der Waals surface area contributed by atoms with Crippen LogP contribution >= 0.6 is 12.2 Å². The van der Waals surface area contributed by atoms with E-state index in [1.807, 2.05) is 84.6 Å². The number of rotatable bonds is 8. The molecule has 0 unspecified atom stereocenters. The maximum atomic E-state index is 6.45. The van der Waals surface area contributed by atoms with Gasteiger partial charge in [-0.3, -0.25) is 4.98 Å². The van der Waals surface area contributed by atoms with Crippen LogP contribution in [-0.4, -0.2) is 30.9 Å². The summed E-state index contributed by atoms with van der Waals surface area (Å²) in [6, 6.07) is 22.8. The molecular formula is C28H27N3O4S. The Bertz CT molecular complexity index is 1340. The van der Waals surface area contributed by atoms with Crippen LogP contribution in [0.15, 0.2) is 83.4 Å². The van der Waals surface area contributed by atoms with E-state index in [4.69, 9.17) is 30.8 Å². The maximum Gasteiger partial charge on any atom is 0.174 e. The third kappa shape index (κ3) is 4.47. The van der Waals surface area contributed by atoms with Gasteiger partial charge in [-0.05, 0) is 79.8 Å². The number of benzene rings is 2. The Kier molecular flexibility index (Phi) is 6.77. The molecule has 0 amide bonds. The fourth-order valence-corrected chi connectivity index (χ4v) is 4.78. The van der Waals surface area contributed by atoms with Crippen LogP contribution in [0.2, 0.25) is 0 Å². The minimum atomic E-state index is -0.300. The second kappa shape index (κ2) is 10.3. The van der Waals surface area contributed by atoms with Gasteiger partial charge >= 0.3 is 0 Å². The summed E-state index contributed by atoms with van der Waals surface area (Å²) in [6.07, 6.45) is 1.78.